The summed E-state index contributed by atoms with van der Waals surface area (Å²) in [6, 6.07) is 15.5. The van der Waals surface area contributed by atoms with Crippen LogP contribution < -0.4 is 16.8 Å². The highest BCUT2D eigenvalue weighted by Gasteiger charge is 2.43. The number of fused-ring (bicyclic) bond motifs is 1. The number of thiazole rings is 1. The summed E-state index contributed by atoms with van der Waals surface area (Å²) < 4.78 is 7.66. The van der Waals surface area contributed by atoms with Crippen molar-refractivity contribution in [1.29, 1.82) is 0 Å². The number of benzene rings is 2. The van der Waals surface area contributed by atoms with Gasteiger partial charge in [-0.25, -0.2) is 4.98 Å². The number of ether oxygens (including phenoxy) is 1. The summed E-state index contributed by atoms with van der Waals surface area (Å²) in [6.07, 6.45) is 1.88. The largest absolute Gasteiger partial charge is 0.507 e. The summed E-state index contributed by atoms with van der Waals surface area (Å²) in [6.45, 7) is 9.58. The van der Waals surface area contributed by atoms with Gasteiger partial charge in [0.25, 0.3) is 0 Å². The maximum atomic E-state index is 14.0. The first-order chi connectivity index (χ1) is 28.8. The average Bonchev–Trinajstić information content (AvgIpc) is 3.94. The van der Waals surface area contributed by atoms with E-state index in [9.17, 15) is 24.6 Å². The van der Waals surface area contributed by atoms with Gasteiger partial charge in [0.1, 0.15) is 24.3 Å². The molecule has 1 unspecified atom stereocenters. The first kappa shape index (κ1) is 42.2. The van der Waals surface area contributed by atoms with Crippen molar-refractivity contribution in [3.63, 3.8) is 0 Å². The summed E-state index contributed by atoms with van der Waals surface area (Å²) in [5.74, 6) is -2.70. The Morgan fingerprint density at radius 2 is 1.80 bits per heavy atom. The number of rotatable bonds is 14. The number of carbonyl (C=O) groups excluding carboxylic acids is 3. The van der Waals surface area contributed by atoms with Crippen molar-refractivity contribution in [3.05, 3.63) is 83.3 Å². The fourth-order valence-electron chi connectivity index (χ4n) is 8.12. The topological polar surface area (TPSA) is 228 Å². The number of allylic oxidation sites excluding steroid dienone is 1. The van der Waals surface area contributed by atoms with Crippen molar-refractivity contribution in [2.24, 2.45) is 17.6 Å². The number of carbonyl (C=O) groups is 3. The lowest BCUT2D eigenvalue weighted by Gasteiger charge is -2.32. The summed E-state index contributed by atoms with van der Waals surface area (Å²) >= 11 is 1.57. The number of aromatic hydroxyl groups is 1. The van der Waals surface area contributed by atoms with E-state index in [0.717, 1.165) is 59.2 Å². The third-order valence-corrected chi connectivity index (χ3v) is 12.4. The van der Waals surface area contributed by atoms with Crippen molar-refractivity contribution < 1.29 is 29.3 Å². The predicted molar refractivity (Wildman–Crippen MR) is 228 cm³/mol. The zero-order valence-corrected chi connectivity index (χ0v) is 35.0. The Morgan fingerprint density at radius 1 is 1.07 bits per heavy atom. The number of hydrogen-bond acceptors (Lipinski definition) is 14. The van der Waals surface area contributed by atoms with Crippen LogP contribution in [-0.4, -0.2) is 108 Å². The lowest BCUT2D eigenvalue weighted by Crippen LogP contribution is -2.50. The van der Waals surface area contributed by atoms with E-state index in [4.69, 9.17) is 16.2 Å². The molecule has 0 bridgehead atoms. The third kappa shape index (κ3) is 9.12. The number of aliphatic hydroxyl groups is 1. The molecule has 5 aromatic rings. The Balaban J connectivity index is 0.913. The molecule has 316 valence electrons. The number of nitrogens with two attached hydrogens (primary N) is 2. The van der Waals surface area contributed by atoms with Gasteiger partial charge < -0.3 is 36.6 Å². The van der Waals surface area contributed by atoms with Gasteiger partial charge in [0.2, 0.25) is 11.8 Å². The van der Waals surface area contributed by atoms with Crippen LogP contribution in [0.2, 0.25) is 0 Å². The van der Waals surface area contributed by atoms with Gasteiger partial charge in [0.15, 0.2) is 23.0 Å². The highest BCUT2D eigenvalue weighted by Crippen LogP contribution is 2.33. The van der Waals surface area contributed by atoms with E-state index in [1.165, 1.54) is 4.90 Å². The summed E-state index contributed by atoms with van der Waals surface area (Å²) in [4.78, 5) is 50.2. The van der Waals surface area contributed by atoms with Crippen LogP contribution in [0.25, 0.3) is 32.7 Å². The smallest absolute Gasteiger partial charge is 0.243 e. The van der Waals surface area contributed by atoms with Gasteiger partial charge in [-0.2, -0.15) is 5.10 Å². The minimum absolute atomic E-state index is 0.0610. The van der Waals surface area contributed by atoms with Crippen LogP contribution in [0, 0.1) is 18.8 Å². The Labute approximate surface area is 352 Å². The van der Waals surface area contributed by atoms with Crippen molar-refractivity contribution in [2.45, 2.75) is 71.2 Å². The number of phenols is 1. The number of nitrogens with zero attached hydrogens (tertiary/aromatic N) is 7. The Kier molecular flexibility index (Phi) is 12.8. The van der Waals surface area contributed by atoms with Gasteiger partial charge in [0, 0.05) is 44.2 Å². The molecule has 2 aliphatic heterocycles. The molecule has 0 spiro atoms. The van der Waals surface area contributed by atoms with Gasteiger partial charge in [-0.3, -0.25) is 24.0 Å². The minimum Gasteiger partial charge on any atom is -0.507 e. The number of anilines is 1. The fourth-order valence-corrected chi connectivity index (χ4v) is 8.93. The van der Waals surface area contributed by atoms with Gasteiger partial charge in [-0.1, -0.05) is 50.2 Å². The molecule has 2 fully saturated rings. The number of nitrogen functional groups attached to an aromatic ring is 1. The first-order valence-corrected chi connectivity index (χ1v) is 21.1. The molecule has 4 atom stereocenters. The van der Waals surface area contributed by atoms with Crippen LogP contribution in [0.15, 0.2) is 72.1 Å². The van der Waals surface area contributed by atoms with Crippen molar-refractivity contribution >= 4 is 45.8 Å². The van der Waals surface area contributed by atoms with E-state index < -0.39 is 41.6 Å². The first-order valence-electron chi connectivity index (χ1n) is 20.2. The Hall–Kier alpha value is -5.91. The fraction of sp³-hybridized carbons (Fsp3) is 0.419. The molecule has 0 saturated carbocycles. The number of phenolic OH excluding ortho intramolecular Hbond substituents is 1. The lowest BCUT2D eigenvalue weighted by atomic mass is 9.89. The monoisotopic (exact) mass is 836 g/mol. The Bertz CT molecular complexity index is 2370. The molecular weight excluding hydrogens is 785 g/mol. The number of para-hydroxylation sites is 1. The molecule has 3 aromatic heterocycles. The molecule has 2 saturated heterocycles. The second-order valence-electron chi connectivity index (χ2n) is 15.9. The van der Waals surface area contributed by atoms with E-state index in [1.807, 2.05) is 60.4 Å². The molecule has 16 nitrogen and oxygen atoms in total. The maximum absolute atomic E-state index is 14.0. The number of aryl methyl sites for hydroxylation is 1. The quantitative estimate of drug-likeness (QED) is 0.0597. The van der Waals surface area contributed by atoms with Crippen molar-refractivity contribution in [2.75, 3.05) is 38.5 Å². The van der Waals surface area contributed by atoms with E-state index >= 15 is 0 Å². The van der Waals surface area contributed by atoms with Crippen LogP contribution in [0.4, 0.5) is 5.82 Å². The minimum atomic E-state index is -1.13. The van der Waals surface area contributed by atoms with Gasteiger partial charge in [-0.15, -0.1) is 21.5 Å². The normalized spacial score (nSPS) is 18.8. The summed E-state index contributed by atoms with van der Waals surface area (Å²) in [7, 11) is 0. The number of β-amino-alcohol motifs (C(OH)–C–C–N with tert-alkyl or cyclic N) is 1. The number of likely N-dealkylation sites (tertiary alicyclic amines) is 2. The van der Waals surface area contributed by atoms with Crippen LogP contribution in [0.5, 0.6) is 5.75 Å². The van der Waals surface area contributed by atoms with Crippen molar-refractivity contribution in [3.8, 4) is 27.4 Å². The SMILES string of the molecule is Cc1ncsc1-c1ccc([C@H](C)NC(=O)[C@@H]2C[C@@H](O)CN2C(=O)C(C(=O)C=C(N)OCCN2CCC(n3nc(N)c4nnc(-c5ccccc5O)cc43)CC2)C(C)C)cc1. The van der Waals surface area contributed by atoms with Crippen LogP contribution in [0.3, 0.4) is 0 Å². The molecule has 2 amide bonds. The molecule has 2 aliphatic rings. The zero-order chi connectivity index (χ0) is 42.7. The second kappa shape index (κ2) is 18.1. The highest BCUT2D eigenvalue weighted by atomic mass is 32.1. The molecule has 5 heterocycles. The molecule has 17 heteroatoms. The van der Waals surface area contributed by atoms with E-state index in [2.05, 4.69) is 30.5 Å². The molecule has 60 heavy (non-hydrogen) atoms. The number of hydrogen-bond donors (Lipinski definition) is 5. The van der Waals surface area contributed by atoms with Crippen LogP contribution >= 0.6 is 11.3 Å². The average molecular weight is 837 g/mol. The third-order valence-electron chi connectivity index (χ3n) is 11.4. The molecule has 7 N–H and O–H groups in total. The van der Waals surface area contributed by atoms with E-state index in [1.54, 1.807) is 43.4 Å². The maximum Gasteiger partial charge on any atom is 0.243 e. The predicted octanol–water partition coefficient (Wildman–Crippen LogP) is 4.35. The molecular formula is C43H52N10O6S. The van der Waals surface area contributed by atoms with Crippen LogP contribution in [0.1, 0.15) is 63.4 Å². The lowest BCUT2D eigenvalue weighted by molar-refractivity contribution is -0.146. The number of piperidine rings is 1. The second-order valence-corrected chi connectivity index (χ2v) is 16.8. The summed E-state index contributed by atoms with van der Waals surface area (Å²) in [5, 5.41) is 37.1. The number of aliphatic hydroxyl groups excluding tert-OH is 1. The molecule has 7 rings (SSSR count). The van der Waals surface area contributed by atoms with Crippen LogP contribution in [-0.2, 0) is 19.1 Å². The standard InChI is InChI=1S/C43H52N10O6S/c1-24(2)38(43(58)52-22-30(54)19-34(52)42(57)47-25(3)27-9-11-28(12-10-27)40-26(4)46-23-60-40)36(56)21-37(44)59-18-17-51-15-13-29(14-16-51)53-33-20-32(31-7-5-6-8-35(31)55)48-49-39(33)41(45)50-53/h5-12,20-21,23-25,29-30,34,38,54-55H,13-19,22,44H2,1-4H3,(H2,45,50)(H,47,57)/t25-,30+,34-,38?/m0/s1. The molecule has 0 radical (unpaired) electrons. The summed E-state index contributed by atoms with van der Waals surface area (Å²) in [5.41, 5.74) is 19.4. The number of aromatic nitrogens is 5. The number of amides is 2. The Morgan fingerprint density at radius 3 is 2.48 bits per heavy atom. The van der Waals surface area contributed by atoms with E-state index in [0.29, 0.717) is 29.1 Å². The van der Waals surface area contributed by atoms with Gasteiger partial charge in [0.05, 0.1) is 45.5 Å². The zero-order valence-electron chi connectivity index (χ0n) is 34.2. The van der Waals surface area contributed by atoms with Gasteiger partial charge >= 0.3 is 0 Å². The number of nitrogens with one attached hydrogen (secondary N) is 1. The number of ketones is 1. The highest BCUT2D eigenvalue weighted by molar-refractivity contribution is 7.13. The van der Waals surface area contributed by atoms with Gasteiger partial charge in [-0.05, 0) is 61.9 Å². The molecule has 2 aromatic carbocycles. The van der Waals surface area contributed by atoms with Crippen molar-refractivity contribution in [1.82, 2.24) is 40.1 Å². The van der Waals surface area contributed by atoms with E-state index in [-0.39, 0.29) is 43.3 Å². The molecule has 0 aliphatic carbocycles.